The Labute approximate surface area is 171 Å². The van der Waals surface area contributed by atoms with Crippen molar-refractivity contribution in [2.24, 2.45) is 5.10 Å². The minimum atomic E-state index is -1.59. The van der Waals surface area contributed by atoms with E-state index in [9.17, 15) is 25.3 Å². The summed E-state index contributed by atoms with van der Waals surface area (Å²) in [5.41, 5.74) is 1.41. The van der Waals surface area contributed by atoms with Gasteiger partial charge in [0, 0.05) is 6.07 Å². The molecule has 0 bridgehead atoms. The molecule has 2 N–H and O–H groups in total. The van der Waals surface area contributed by atoms with Gasteiger partial charge in [-0.2, -0.15) is 5.10 Å². The fraction of sp³-hybridized carbons (Fsp3) is 0.0952. The zero-order chi connectivity index (χ0) is 21.7. The molecule has 9 nitrogen and oxygen atoms in total. The van der Waals surface area contributed by atoms with Crippen molar-refractivity contribution in [3.63, 3.8) is 0 Å². The summed E-state index contributed by atoms with van der Waals surface area (Å²) < 4.78 is 0. The Hall–Kier alpha value is -4.11. The van der Waals surface area contributed by atoms with Crippen molar-refractivity contribution in [3.05, 3.63) is 110 Å². The molecule has 0 fully saturated rings. The molecule has 0 unspecified atom stereocenters. The summed E-state index contributed by atoms with van der Waals surface area (Å²) in [7, 11) is 0. The van der Waals surface area contributed by atoms with Crippen LogP contribution >= 0.6 is 0 Å². The number of nitro groups is 2. The van der Waals surface area contributed by atoms with Gasteiger partial charge in [-0.1, -0.05) is 60.7 Å². The Morgan fingerprint density at radius 1 is 0.900 bits per heavy atom. The van der Waals surface area contributed by atoms with E-state index in [2.05, 4.69) is 10.5 Å². The van der Waals surface area contributed by atoms with Gasteiger partial charge in [0.1, 0.15) is 5.69 Å². The average Bonchev–Trinajstić information content (AvgIpc) is 2.77. The van der Waals surface area contributed by atoms with Crippen molar-refractivity contribution in [1.29, 1.82) is 0 Å². The molecule has 3 aromatic carbocycles. The van der Waals surface area contributed by atoms with Gasteiger partial charge in [0.2, 0.25) is 0 Å². The summed E-state index contributed by atoms with van der Waals surface area (Å²) in [4.78, 5) is 20.8. The Bertz CT molecular complexity index is 1060. The average molecular weight is 406 g/mol. The molecule has 0 heterocycles. The van der Waals surface area contributed by atoms with E-state index in [0.717, 1.165) is 12.1 Å². The van der Waals surface area contributed by atoms with Crippen LogP contribution < -0.4 is 5.43 Å². The van der Waals surface area contributed by atoms with E-state index < -0.39 is 26.8 Å². The summed E-state index contributed by atoms with van der Waals surface area (Å²) in [6.45, 7) is 1.59. The van der Waals surface area contributed by atoms with Crippen LogP contribution in [0.15, 0.2) is 84.0 Å². The van der Waals surface area contributed by atoms with Crippen molar-refractivity contribution in [3.8, 4) is 0 Å². The third-order valence-electron chi connectivity index (χ3n) is 4.64. The van der Waals surface area contributed by atoms with Gasteiger partial charge in [-0.05, 0) is 24.1 Å². The fourth-order valence-electron chi connectivity index (χ4n) is 3.05. The minimum absolute atomic E-state index is 0.0339. The van der Waals surface area contributed by atoms with Crippen LogP contribution in [0.5, 0.6) is 0 Å². The highest BCUT2D eigenvalue weighted by atomic mass is 16.6. The highest BCUT2D eigenvalue weighted by Crippen LogP contribution is 2.33. The van der Waals surface area contributed by atoms with E-state index >= 15 is 0 Å². The van der Waals surface area contributed by atoms with E-state index in [4.69, 9.17) is 0 Å². The van der Waals surface area contributed by atoms with Crippen molar-refractivity contribution in [1.82, 2.24) is 0 Å². The number of rotatable bonds is 7. The number of hydrogen-bond donors (Lipinski definition) is 2. The number of nitrogens with zero attached hydrogens (tertiary/aromatic N) is 3. The highest BCUT2D eigenvalue weighted by Gasteiger charge is 2.35. The van der Waals surface area contributed by atoms with E-state index in [1.54, 1.807) is 55.5 Å². The third kappa shape index (κ3) is 4.01. The number of nitrogens with one attached hydrogen (secondary N) is 1. The molecular formula is C21H18N4O5. The molecule has 0 aliphatic rings. The number of hydrazone groups is 1. The largest absolute Gasteiger partial charge is 0.375 e. The summed E-state index contributed by atoms with van der Waals surface area (Å²) in [5.74, 6) is 0. The number of nitro benzene ring substituents is 2. The van der Waals surface area contributed by atoms with Gasteiger partial charge < -0.3 is 5.11 Å². The maximum absolute atomic E-state index is 11.6. The molecule has 0 saturated carbocycles. The lowest BCUT2D eigenvalue weighted by atomic mass is 9.83. The summed E-state index contributed by atoms with van der Waals surface area (Å²) >= 11 is 0. The number of benzene rings is 3. The van der Waals surface area contributed by atoms with Gasteiger partial charge in [0.05, 0.1) is 21.6 Å². The zero-order valence-corrected chi connectivity index (χ0v) is 15.9. The maximum atomic E-state index is 11.6. The van der Waals surface area contributed by atoms with Crippen molar-refractivity contribution in [2.75, 3.05) is 5.43 Å². The Kier molecular flexibility index (Phi) is 5.84. The maximum Gasteiger partial charge on any atom is 0.301 e. The molecule has 0 aliphatic heterocycles. The van der Waals surface area contributed by atoms with Gasteiger partial charge >= 0.3 is 5.69 Å². The number of aliphatic hydroxyl groups is 1. The lowest BCUT2D eigenvalue weighted by Crippen LogP contribution is -2.36. The van der Waals surface area contributed by atoms with Crippen LogP contribution in [0.1, 0.15) is 18.1 Å². The van der Waals surface area contributed by atoms with Crippen molar-refractivity contribution >= 4 is 22.8 Å². The first-order valence-corrected chi connectivity index (χ1v) is 8.91. The molecule has 0 saturated heterocycles. The Balaban J connectivity index is 2.04. The smallest absolute Gasteiger partial charge is 0.301 e. The van der Waals surface area contributed by atoms with Crippen LogP contribution in [0.4, 0.5) is 17.1 Å². The minimum Gasteiger partial charge on any atom is -0.375 e. The molecule has 3 aromatic rings. The monoisotopic (exact) mass is 406 g/mol. The van der Waals surface area contributed by atoms with E-state index in [-0.39, 0.29) is 11.4 Å². The zero-order valence-electron chi connectivity index (χ0n) is 15.9. The molecule has 30 heavy (non-hydrogen) atoms. The lowest BCUT2D eigenvalue weighted by molar-refractivity contribution is -0.393. The molecule has 0 amide bonds. The predicted octanol–water partition coefficient (Wildman–Crippen LogP) is 4.23. The second-order valence-corrected chi connectivity index (χ2v) is 6.47. The van der Waals surface area contributed by atoms with Crippen LogP contribution in [0.25, 0.3) is 0 Å². The standard InChI is InChI=1S/C21H18N4O5/c1-15(22-23-19-13-12-18(24(27)28)14-20(19)25(29)30)21(26,16-8-4-2-5-9-16)17-10-6-3-7-11-17/h2-14,23,26H,1H3/b22-15-. The molecule has 0 radical (unpaired) electrons. The van der Waals surface area contributed by atoms with Gasteiger partial charge in [-0.25, -0.2) is 0 Å². The molecule has 152 valence electrons. The van der Waals surface area contributed by atoms with E-state index in [1.807, 2.05) is 12.1 Å². The van der Waals surface area contributed by atoms with Crippen LogP contribution in [-0.4, -0.2) is 20.7 Å². The Morgan fingerprint density at radius 3 is 1.90 bits per heavy atom. The fourth-order valence-corrected chi connectivity index (χ4v) is 3.05. The molecular weight excluding hydrogens is 388 g/mol. The second kappa shape index (κ2) is 8.50. The third-order valence-corrected chi connectivity index (χ3v) is 4.64. The molecule has 0 aliphatic carbocycles. The van der Waals surface area contributed by atoms with Crippen molar-refractivity contribution in [2.45, 2.75) is 12.5 Å². The van der Waals surface area contributed by atoms with Crippen LogP contribution in [0, 0.1) is 20.2 Å². The Morgan fingerprint density at radius 2 is 1.43 bits per heavy atom. The SMILES string of the molecule is C/C(=N/Nc1ccc([N+](=O)[O-])cc1[N+](=O)[O-])C(O)(c1ccccc1)c1ccccc1. The lowest BCUT2D eigenvalue weighted by Gasteiger charge is -2.29. The van der Waals surface area contributed by atoms with E-state index in [0.29, 0.717) is 11.1 Å². The quantitative estimate of drug-likeness (QED) is 0.343. The molecule has 0 spiro atoms. The number of hydrogen-bond acceptors (Lipinski definition) is 7. The van der Waals surface area contributed by atoms with Crippen LogP contribution in [0.2, 0.25) is 0 Å². The summed E-state index contributed by atoms with van der Waals surface area (Å²) in [5, 5.41) is 38.0. The van der Waals surface area contributed by atoms with Crippen molar-refractivity contribution < 1.29 is 15.0 Å². The molecule has 0 aromatic heterocycles. The first-order chi connectivity index (χ1) is 14.3. The van der Waals surface area contributed by atoms with Gasteiger partial charge in [-0.15, -0.1) is 0 Å². The normalized spacial score (nSPS) is 11.7. The second-order valence-electron chi connectivity index (χ2n) is 6.47. The van der Waals surface area contributed by atoms with Crippen LogP contribution in [0.3, 0.4) is 0 Å². The summed E-state index contributed by atoms with van der Waals surface area (Å²) in [6, 6.07) is 21.0. The molecule has 9 heteroatoms. The molecule has 0 atom stereocenters. The molecule has 3 rings (SSSR count). The van der Waals surface area contributed by atoms with Gasteiger partial charge in [0.15, 0.2) is 5.60 Å². The predicted molar refractivity (Wildman–Crippen MR) is 112 cm³/mol. The summed E-state index contributed by atoms with van der Waals surface area (Å²) in [6.07, 6.45) is 0. The van der Waals surface area contributed by atoms with Gasteiger partial charge in [-0.3, -0.25) is 25.7 Å². The highest BCUT2D eigenvalue weighted by molar-refractivity contribution is 5.95. The first kappa shape index (κ1) is 20.6. The topological polar surface area (TPSA) is 131 Å². The first-order valence-electron chi connectivity index (χ1n) is 8.91. The number of non-ortho nitro benzene ring substituents is 1. The number of anilines is 1. The van der Waals surface area contributed by atoms with E-state index in [1.165, 1.54) is 6.07 Å². The van der Waals surface area contributed by atoms with Gasteiger partial charge in [0.25, 0.3) is 5.69 Å². The van der Waals surface area contributed by atoms with Crippen LogP contribution in [-0.2, 0) is 5.60 Å².